The van der Waals surface area contributed by atoms with Crippen LogP contribution in [0.25, 0.3) is 22.3 Å². The van der Waals surface area contributed by atoms with Crippen molar-refractivity contribution in [1.82, 2.24) is 0 Å². The molecule has 0 saturated heterocycles. The van der Waals surface area contributed by atoms with E-state index in [9.17, 15) is 0 Å². The van der Waals surface area contributed by atoms with Gasteiger partial charge in [-0.1, -0.05) is 132 Å². The first-order chi connectivity index (χ1) is 21.7. The predicted molar refractivity (Wildman–Crippen MR) is 182 cm³/mol. The van der Waals surface area contributed by atoms with Gasteiger partial charge < -0.3 is 0 Å². The maximum atomic E-state index is 6.80. The number of hydrogen-bond acceptors (Lipinski definition) is 2. The zero-order valence-electron chi connectivity index (χ0n) is 23.7. The van der Waals surface area contributed by atoms with Crippen molar-refractivity contribution in [2.45, 2.75) is 17.9 Å². The molecule has 4 heteroatoms. The molecule has 6 aromatic rings. The van der Waals surface area contributed by atoms with E-state index < -0.39 is 5.41 Å². The van der Waals surface area contributed by atoms with Crippen molar-refractivity contribution in [3.63, 3.8) is 0 Å². The Kier molecular flexibility index (Phi) is 5.69. The Bertz CT molecular complexity index is 2070. The zero-order valence-corrected chi connectivity index (χ0v) is 25.2. The molecule has 1 aliphatic heterocycles. The van der Waals surface area contributed by atoms with Gasteiger partial charge in [-0.15, -0.1) is 0 Å². The molecule has 1 spiro atoms. The maximum absolute atomic E-state index is 6.80. The SMILES string of the molecule is Clc1cccc(Cl)c1C1CC(c2ccc3c(c2)C2(c4ccccc4-c4ccccc42)c2ccccc2-3)=NN1c1ccccc1. The van der Waals surface area contributed by atoms with Gasteiger partial charge in [0.25, 0.3) is 0 Å². The summed E-state index contributed by atoms with van der Waals surface area (Å²) in [5.74, 6) is 0. The second kappa shape index (κ2) is 9.69. The summed E-state index contributed by atoms with van der Waals surface area (Å²) in [6.45, 7) is 0. The lowest BCUT2D eigenvalue weighted by molar-refractivity contribution is 0.709. The molecule has 6 aromatic carbocycles. The van der Waals surface area contributed by atoms with E-state index in [0.717, 1.165) is 22.5 Å². The van der Waals surface area contributed by atoms with Crippen LogP contribution in [0.4, 0.5) is 5.69 Å². The van der Waals surface area contributed by atoms with Gasteiger partial charge >= 0.3 is 0 Å². The fraction of sp³-hybridized carbons (Fsp3) is 0.0750. The van der Waals surface area contributed by atoms with E-state index in [1.807, 2.05) is 36.4 Å². The molecule has 0 aromatic heterocycles. The quantitative estimate of drug-likeness (QED) is 0.196. The molecule has 0 bridgehead atoms. The molecule has 44 heavy (non-hydrogen) atoms. The number of anilines is 1. The second-order valence-corrected chi connectivity index (χ2v) is 12.5. The second-order valence-electron chi connectivity index (χ2n) is 11.7. The van der Waals surface area contributed by atoms with E-state index in [1.165, 1.54) is 44.5 Å². The number of rotatable bonds is 3. The number of halogens is 2. The summed E-state index contributed by atoms with van der Waals surface area (Å²) in [6.07, 6.45) is 0.685. The molecule has 2 nitrogen and oxygen atoms in total. The topological polar surface area (TPSA) is 15.6 Å². The summed E-state index contributed by atoms with van der Waals surface area (Å²) in [4.78, 5) is 0. The Morgan fingerprint density at radius 1 is 0.545 bits per heavy atom. The first-order valence-electron chi connectivity index (χ1n) is 15.0. The van der Waals surface area contributed by atoms with Gasteiger partial charge in [-0.25, -0.2) is 0 Å². The maximum Gasteiger partial charge on any atom is 0.0860 e. The van der Waals surface area contributed by atoms with Gasteiger partial charge in [0.05, 0.1) is 22.9 Å². The lowest BCUT2D eigenvalue weighted by atomic mass is 9.70. The molecule has 210 valence electrons. The van der Waals surface area contributed by atoms with Crippen molar-refractivity contribution >= 4 is 34.6 Å². The molecule has 1 atom stereocenters. The third-order valence-electron chi connectivity index (χ3n) is 9.59. The van der Waals surface area contributed by atoms with E-state index in [-0.39, 0.29) is 6.04 Å². The number of benzene rings is 6. The molecule has 2 aliphatic carbocycles. The summed E-state index contributed by atoms with van der Waals surface area (Å²) in [5, 5.41) is 8.67. The van der Waals surface area contributed by atoms with Gasteiger partial charge in [-0.3, -0.25) is 5.01 Å². The fourth-order valence-electron chi connectivity index (χ4n) is 7.83. The van der Waals surface area contributed by atoms with Crippen molar-refractivity contribution in [3.05, 3.63) is 183 Å². The third kappa shape index (κ3) is 3.47. The van der Waals surface area contributed by atoms with Crippen LogP contribution in [0.5, 0.6) is 0 Å². The smallest absolute Gasteiger partial charge is 0.0860 e. The van der Waals surface area contributed by atoms with Crippen LogP contribution in [0.15, 0.2) is 145 Å². The van der Waals surface area contributed by atoms with E-state index in [4.69, 9.17) is 28.3 Å². The molecule has 0 N–H and O–H groups in total. The zero-order chi connectivity index (χ0) is 29.4. The third-order valence-corrected chi connectivity index (χ3v) is 10.3. The van der Waals surface area contributed by atoms with Crippen molar-refractivity contribution in [1.29, 1.82) is 0 Å². The Hall–Kier alpha value is -4.63. The normalized spacial score (nSPS) is 16.8. The number of para-hydroxylation sites is 1. The van der Waals surface area contributed by atoms with Crippen LogP contribution >= 0.6 is 23.2 Å². The van der Waals surface area contributed by atoms with Gasteiger partial charge in [0, 0.05) is 22.0 Å². The minimum absolute atomic E-state index is 0.124. The lowest BCUT2D eigenvalue weighted by Crippen LogP contribution is -2.26. The Balaban J connectivity index is 1.26. The first-order valence-corrected chi connectivity index (χ1v) is 15.7. The number of fused-ring (bicyclic) bond motifs is 10. The van der Waals surface area contributed by atoms with E-state index in [2.05, 4.69) is 108 Å². The highest BCUT2D eigenvalue weighted by molar-refractivity contribution is 6.36. The van der Waals surface area contributed by atoms with E-state index >= 15 is 0 Å². The first kappa shape index (κ1) is 25.8. The van der Waals surface area contributed by atoms with Crippen molar-refractivity contribution in [3.8, 4) is 22.3 Å². The van der Waals surface area contributed by atoms with Crippen LogP contribution in [0.1, 0.15) is 45.8 Å². The van der Waals surface area contributed by atoms with Gasteiger partial charge in [0.2, 0.25) is 0 Å². The van der Waals surface area contributed by atoms with Crippen molar-refractivity contribution in [2.75, 3.05) is 5.01 Å². The molecule has 1 heterocycles. The number of nitrogens with zero attached hydrogens (tertiary/aromatic N) is 2. The van der Waals surface area contributed by atoms with Gasteiger partial charge in [-0.05, 0) is 80.4 Å². The van der Waals surface area contributed by atoms with Crippen LogP contribution in [-0.2, 0) is 5.41 Å². The molecular formula is C40H26Cl2N2. The molecule has 0 saturated carbocycles. The Morgan fingerprint density at radius 2 is 1.07 bits per heavy atom. The number of hydrazone groups is 1. The monoisotopic (exact) mass is 604 g/mol. The summed E-state index contributed by atoms with van der Waals surface area (Å²) >= 11 is 13.6. The lowest BCUT2D eigenvalue weighted by Gasteiger charge is -2.30. The van der Waals surface area contributed by atoms with Crippen LogP contribution in [0.3, 0.4) is 0 Å². The van der Waals surface area contributed by atoms with E-state index in [1.54, 1.807) is 0 Å². The average Bonchev–Trinajstić information content (AvgIpc) is 3.72. The molecule has 0 fully saturated rings. The summed E-state index contributed by atoms with van der Waals surface area (Å²) < 4.78 is 0. The van der Waals surface area contributed by atoms with Crippen molar-refractivity contribution < 1.29 is 0 Å². The minimum atomic E-state index is -0.390. The highest BCUT2D eigenvalue weighted by Crippen LogP contribution is 2.62. The highest BCUT2D eigenvalue weighted by Gasteiger charge is 2.51. The predicted octanol–water partition coefficient (Wildman–Crippen LogP) is 10.7. The van der Waals surface area contributed by atoms with Crippen LogP contribution in [0, 0.1) is 0 Å². The molecule has 3 aliphatic rings. The van der Waals surface area contributed by atoms with Crippen molar-refractivity contribution in [2.24, 2.45) is 5.10 Å². The molecule has 0 amide bonds. The molecule has 9 rings (SSSR count). The number of hydrogen-bond donors (Lipinski definition) is 0. The van der Waals surface area contributed by atoms with Gasteiger partial charge in [0.15, 0.2) is 0 Å². The van der Waals surface area contributed by atoms with Crippen LogP contribution in [-0.4, -0.2) is 5.71 Å². The van der Waals surface area contributed by atoms with Crippen LogP contribution in [0.2, 0.25) is 10.0 Å². The highest BCUT2D eigenvalue weighted by atomic mass is 35.5. The largest absolute Gasteiger partial charge is 0.257 e. The molecular weight excluding hydrogens is 579 g/mol. The molecule has 0 radical (unpaired) electrons. The summed E-state index contributed by atoms with van der Waals surface area (Å²) in [6, 6.07) is 49.5. The Labute approximate surface area is 266 Å². The summed E-state index contributed by atoms with van der Waals surface area (Å²) in [7, 11) is 0. The van der Waals surface area contributed by atoms with Gasteiger partial charge in [-0.2, -0.15) is 5.10 Å². The standard InChI is InChI=1S/C40H26Cl2N2/c41-35-19-10-20-36(42)39(35)38-24-37(43-44(38)26-11-2-1-3-12-26)25-21-22-30-29-15-6-9-18-33(29)40(34(30)23-25)31-16-7-4-13-27(31)28-14-5-8-17-32(28)40/h1-23,38H,24H2. The average molecular weight is 606 g/mol. The van der Waals surface area contributed by atoms with E-state index in [0.29, 0.717) is 16.5 Å². The fourth-order valence-corrected chi connectivity index (χ4v) is 8.48. The minimum Gasteiger partial charge on any atom is -0.257 e. The Morgan fingerprint density at radius 3 is 1.66 bits per heavy atom. The summed E-state index contributed by atoms with van der Waals surface area (Å²) in [5.41, 5.74) is 14.2. The molecule has 1 unspecified atom stereocenters. The van der Waals surface area contributed by atoms with Crippen LogP contribution < -0.4 is 5.01 Å². The van der Waals surface area contributed by atoms with Gasteiger partial charge in [0.1, 0.15) is 0 Å².